The van der Waals surface area contributed by atoms with Crippen molar-refractivity contribution in [3.05, 3.63) is 38.3 Å². The fourth-order valence-corrected chi connectivity index (χ4v) is 4.54. The molecule has 0 aromatic heterocycles. The Morgan fingerprint density at radius 1 is 1.48 bits per heavy atom. The number of carboxylic acid groups (broad SMARTS) is 1. The molecule has 2 aliphatic rings. The van der Waals surface area contributed by atoms with Gasteiger partial charge in [-0.2, -0.15) is 0 Å². The maximum absolute atomic E-state index is 11.9. The van der Waals surface area contributed by atoms with Gasteiger partial charge in [0.05, 0.1) is 10.3 Å². The molecule has 1 aromatic carbocycles. The number of aliphatic carboxylic acids is 1. The summed E-state index contributed by atoms with van der Waals surface area (Å²) in [5, 5.41) is 21.0. The maximum atomic E-state index is 11.9. The van der Waals surface area contributed by atoms with Crippen LogP contribution < -0.4 is 0 Å². The molecule has 3 atom stereocenters. The van der Waals surface area contributed by atoms with Crippen molar-refractivity contribution in [1.29, 1.82) is 0 Å². The van der Waals surface area contributed by atoms with Crippen molar-refractivity contribution in [2.24, 2.45) is 17.3 Å². The lowest BCUT2D eigenvalue weighted by Gasteiger charge is -2.33. The van der Waals surface area contributed by atoms with Gasteiger partial charge in [-0.15, -0.1) is 0 Å². The topological polar surface area (TPSA) is 80.4 Å². The number of halogens is 1. The van der Waals surface area contributed by atoms with Crippen LogP contribution in [0.3, 0.4) is 0 Å². The molecule has 5 nitrogen and oxygen atoms in total. The van der Waals surface area contributed by atoms with Gasteiger partial charge in [0.15, 0.2) is 0 Å². The lowest BCUT2D eigenvalue weighted by Crippen LogP contribution is -2.38. The summed E-state index contributed by atoms with van der Waals surface area (Å²) in [6.45, 7) is 0. The first-order valence-corrected chi connectivity index (χ1v) is 7.88. The number of carbonyl (C=O) groups is 1. The normalized spacial score (nSPS) is 30.5. The predicted molar refractivity (Wildman–Crippen MR) is 80.0 cm³/mol. The number of hydrogen-bond donors (Lipinski definition) is 1. The van der Waals surface area contributed by atoms with Gasteiger partial charge in [0.2, 0.25) is 0 Å². The molecule has 2 fully saturated rings. The molecular weight excluding hydrogens is 338 g/mol. The number of rotatable bonds is 4. The third-order valence-corrected chi connectivity index (χ3v) is 5.64. The highest BCUT2D eigenvalue weighted by molar-refractivity contribution is 9.10. The first-order chi connectivity index (χ1) is 9.92. The zero-order valence-corrected chi connectivity index (χ0v) is 13.0. The molecule has 0 saturated heterocycles. The summed E-state index contributed by atoms with van der Waals surface area (Å²) in [7, 11) is 0. The van der Waals surface area contributed by atoms with E-state index in [2.05, 4.69) is 15.9 Å². The van der Waals surface area contributed by atoms with Crippen LogP contribution in [0.2, 0.25) is 0 Å². The SMILES string of the molecule is O=C(O)C1(Cc2ccc(Br)cc2[N+](=O)[O-])CC2CCC1C2. The summed E-state index contributed by atoms with van der Waals surface area (Å²) < 4.78 is 0.635. The molecule has 0 aliphatic heterocycles. The van der Waals surface area contributed by atoms with Crippen molar-refractivity contribution in [3.63, 3.8) is 0 Å². The minimum atomic E-state index is -0.818. The van der Waals surface area contributed by atoms with Crippen molar-refractivity contribution in [2.45, 2.75) is 32.1 Å². The molecule has 2 aliphatic carbocycles. The minimum Gasteiger partial charge on any atom is -0.481 e. The van der Waals surface area contributed by atoms with Gasteiger partial charge < -0.3 is 5.11 Å². The van der Waals surface area contributed by atoms with Crippen LogP contribution in [0.4, 0.5) is 5.69 Å². The molecule has 1 aromatic rings. The summed E-state index contributed by atoms with van der Waals surface area (Å²) >= 11 is 3.23. The highest BCUT2D eigenvalue weighted by atomic mass is 79.9. The molecule has 0 radical (unpaired) electrons. The third kappa shape index (κ3) is 2.35. The fourth-order valence-electron chi connectivity index (χ4n) is 4.19. The Balaban J connectivity index is 1.98. The van der Waals surface area contributed by atoms with Gasteiger partial charge in [0.1, 0.15) is 0 Å². The van der Waals surface area contributed by atoms with Crippen LogP contribution in [0.5, 0.6) is 0 Å². The zero-order chi connectivity index (χ0) is 15.2. The zero-order valence-electron chi connectivity index (χ0n) is 11.4. The third-order valence-electron chi connectivity index (χ3n) is 5.15. The van der Waals surface area contributed by atoms with E-state index in [9.17, 15) is 20.0 Å². The Labute approximate surface area is 130 Å². The Morgan fingerprint density at radius 3 is 2.76 bits per heavy atom. The van der Waals surface area contributed by atoms with E-state index in [0.717, 1.165) is 19.3 Å². The van der Waals surface area contributed by atoms with Crippen LogP contribution in [0, 0.1) is 27.4 Å². The Bertz CT molecular complexity index is 618. The van der Waals surface area contributed by atoms with Crippen LogP contribution in [-0.2, 0) is 11.2 Å². The summed E-state index contributed by atoms with van der Waals surface area (Å²) in [6, 6.07) is 4.88. The van der Waals surface area contributed by atoms with E-state index in [1.54, 1.807) is 12.1 Å². The van der Waals surface area contributed by atoms with Crippen LogP contribution in [-0.4, -0.2) is 16.0 Å². The van der Waals surface area contributed by atoms with Crippen LogP contribution in [0.25, 0.3) is 0 Å². The van der Waals surface area contributed by atoms with Crippen LogP contribution >= 0.6 is 15.9 Å². The summed E-state index contributed by atoms with van der Waals surface area (Å²) in [5.74, 6) is -0.171. The van der Waals surface area contributed by atoms with E-state index in [1.807, 2.05) is 0 Å². The van der Waals surface area contributed by atoms with Crippen molar-refractivity contribution in [2.75, 3.05) is 0 Å². The number of carboxylic acids is 1. The molecule has 2 saturated carbocycles. The Kier molecular flexibility index (Phi) is 3.51. The first-order valence-electron chi connectivity index (χ1n) is 7.08. The summed E-state index contributed by atoms with van der Waals surface area (Å²) in [6.07, 6.45) is 3.90. The molecular formula is C15H16BrNO4. The van der Waals surface area contributed by atoms with E-state index in [1.165, 1.54) is 6.07 Å². The average Bonchev–Trinajstić information content (AvgIpc) is 3.01. The van der Waals surface area contributed by atoms with Gasteiger partial charge in [-0.05, 0) is 43.6 Å². The van der Waals surface area contributed by atoms with Crippen LogP contribution in [0.1, 0.15) is 31.2 Å². The number of nitrogens with zero attached hydrogens (tertiary/aromatic N) is 1. The minimum absolute atomic E-state index is 0.00720. The smallest absolute Gasteiger partial charge is 0.310 e. The maximum Gasteiger partial charge on any atom is 0.310 e. The van der Waals surface area contributed by atoms with Gasteiger partial charge >= 0.3 is 5.97 Å². The summed E-state index contributed by atoms with van der Waals surface area (Å²) in [5.41, 5.74) is -0.285. The predicted octanol–water partition coefficient (Wildman–Crippen LogP) is 3.79. The molecule has 1 N–H and O–H groups in total. The van der Waals surface area contributed by atoms with E-state index in [0.29, 0.717) is 22.4 Å². The second kappa shape index (κ2) is 5.09. The average molecular weight is 354 g/mol. The van der Waals surface area contributed by atoms with Gasteiger partial charge in [0, 0.05) is 16.1 Å². The van der Waals surface area contributed by atoms with Crippen molar-refractivity contribution in [1.82, 2.24) is 0 Å². The van der Waals surface area contributed by atoms with Gasteiger partial charge in [-0.1, -0.05) is 28.4 Å². The molecule has 0 amide bonds. The molecule has 0 heterocycles. The molecule has 21 heavy (non-hydrogen) atoms. The van der Waals surface area contributed by atoms with Gasteiger partial charge in [-0.3, -0.25) is 14.9 Å². The van der Waals surface area contributed by atoms with Crippen LogP contribution in [0.15, 0.2) is 22.7 Å². The van der Waals surface area contributed by atoms with E-state index < -0.39 is 16.3 Å². The fraction of sp³-hybridized carbons (Fsp3) is 0.533. The molecule has 0 spiro atoms. The molecule has 2 bridgehead atoms. The number of nitro benzene ring substituents is 1. The molecule has 6 heteroatoms. The molecule has 3 unspecified atom stereocenters. The number of fused-ring (bicyclic) bond motifs is 2. The number of hydrogen-bond acceptors (Lipinski definition) is 3. The number of benzene rings is 1. The molecule has 3 rings (SSSR count). The van der Waals surface area contributed by atoms with Crippen molar-refractivity contribution >= 4 is 27.6 Å². The highest BCUT2D eigenvalue weighted by Gasteiger charge is 2.56. The molecule has 112 valence electrons. The monoisotopic (exact) mass is 353 g/mol. The number of nitro groups is 1. The van der Waals surface area contributed by atoms with E-state index in [-0.39, 0.29) is 18.0 Å². The van der Waals surface area contributed by atoms with E-state index in [4.69, 9.17) is 0 Å². The quantitative estimate of drug-likeness (QED) is 0.659. The standard InChI is InChI=1S/C15H16BrNO4/c16-12-4-2-10(13(6-12)17(20)21)8-15(14(18)19)7-9-1-3-11(15)5-9/h2,4,6,9,11H,1,3,5,7-8H2,(H,18,19). The van der Waals surface area contributed by atoms with Crippen molar-refractivity contribution in [3.8, 4) is 0 Å². The van der Waals surface area contributed by atoms with Gasteiger partial charge in [-0.25, -0.2) is 0 Å². The second-order valence-corrected chi connectivity index (χ2v) is 7.16. The lowest BCUT2D eigenvalue weighted by atomic mass is 9.69. The van der Waals surface area contributed by atoms with Crippen molar-refractivity contribution < 1.29 is 14.8 Å². The summed E-state index contributed by atoms with van der Waals surface area (Å²) in [4.78, 5) is 22.7. The van der Waals surface area contributed by atoms with E-state index >= 15 is 0 Å². The second-order valence-electron chi connectivity index (χ2n) is 6.25. The Morgan fingerprint density at radius 2 is 2.24 bits per heavy atom. The highest BCUT2D eigenvalue weighted by Crippen LogP contribution is 2.57. The van der Waals surface area contributed by atoms with Gasteiger partial charge in [0.25, 0.3) is 5.69 Å². The lowest BCUT2D eigenvalue weighted by molar-refractivity contribution is -0.385. The largest absolute Gasteiger partial charge is 0.481 e. The first kappa shape index (κ1) is 14.5. The Hall–Kier alpha value is -1.43.